The summed E-state index contributed by atoms with van der Waals surface area (Å²) in [5.41, 5.74) is 2.19. The first kappa shape index (κ1) is 17.6. The summed E-state index contributed by atoms with van der Waals surface area (Å²) < 4.78 is 1.87. The molecule has 0 aliphatic carbocycles. The summed E-state index contributed by atoms with van der Waals surface area (Å²) >= 11 is 1.61. The average molecular weight is 357 g/mol. The Labute approximate surface area is 151 Å². The predicted molar refractivity (Wildman–Crippen MR) is 102 cm³/mol. The summed E-state index contributed by atoms with van der Waals surface area (Å²) in [6.45, 7) is 5.63. The third kappa shape index (κ3) is 3.72. The molecule has 0 spiro atoms. The largest absolute Gasteiger partial charge is 0.352 e. The van der Waals surface area contributed by atoms with Crippen molar-refractivity contribution >= 4 is 28.3 Å². The monoisotopic (exact) mass is 357 g/mol. The van der Waals surface area contributed by atoms with Crippen molar-refractivity contribution in [3.8, 4) is 10.6 Å². The van der Waals surface area contributed by atoms with E-state index in [1.54, 1.807) is 17.5 Å². The summed E-state index contributed by atoms with van der Waals surface area (Å²) in [4.78, 5) is 18.5. The maximum absolute atomic E-state index is 12.7. The van der Waals surface area contributed by atoms with E-state index in [0.717, 1.165) is 34.6 Å². The zero-order valence-electron chi connectivity index (χ0n) is 14.7. The second-order valence-corrected chi connectivity index (χ2v) is 7.11. The number of pyridine rings is 1. The molecule has 132 valence electrons. The van der Waals surface area contributed by atoms with Crippen molar-refractivity contribution in [1.82, 2.24) is 25.4 Å². The molecule has 1 amide bonds. The summed E-state index contributed by atoms with van der Waals surface area (Å²) in [6.07, 6.45) is 2.63. The normalized spacial score (nSPS) is 11.4. The highest BCUT2D eigenvalue weighted by Gasteiger charge is 2.18. The second-order valence-electron chi connectivity index (χ2n) is 6.17. The Hall–Kier alpha value is -2.25. The van der Waals surface area contributed by atoms with Gasteiger partial charge in [0.15, 0.2) is 5.65 Å². The van der Waals surface area contributed by atoms with Crippen LogP contribution >= 0.6 is 11.3 Å². The lowest BCUT2D eigenvalue weighted by Gasteiger charge is -2.10. The number of fused-ring (bicyclic) bond motifs is 1. The number of aromatic nitrogens is 3. The summed E-state index contributed by atoms with van der Waals surface area (Å²) in [5, 5.41) is 13.3. The molecule has 0 aliphatic heterocycles. The van der Waals surface area contributed by atoms with Gasteiger partial charge in [-0.3, -0.25) is 4.79 Å². The van der Waals surface area contributed by atoms with Crippen LogP contribution in [0.2, 0.25) is 0 Å². The Morgan fingerprint density at radius 1 is 1.36 bits per heavy atom. The van der Waals surface area contributed by atoms with Crippen LogP contribution in [0.4, 0.5) is 0 Å². The molecule has 0 bridgehead atoms. The molecule has 0 unspecified atom stereocenters. The van der Waals surface area contributed by atoms with E-state index >= 15 is 0 Å². The molecule has 0 atom stereocenters. The van der Waals surface area contributed by atoms with E-state index in [2.05, 4.69) is 29.6 Å². The van der Waals surface area contributed by atoms with Crippen LogP contribution in [0.15, 0.2) is 29.8 Å². The number of hydrogen-bond donors (Lipinski definition) is 2. The van der Waals surface area contributed by atoms with Gasteiger partial charge in [0.1, 0.15) is 0 Å². The molecule has 0 saturated carbocycles. The van der Waals surface area contributed by atoms with Gasteiger partial charge < -0.3 is 10.6 Å². The molecule has 0 radical (unpaired) electrons. The number of hydrogen-bond acceptors (Lipinski definition) is 5. The highest BCUT2D eigenvalue weighted by molar-refractivity contribution is 7.13. The van der Waals surface area contributed by atoms with Crippen LogP contribution in [-0.2, 0) is 0 Å². The van der Waals surface area contributed by atoms with E-state index in [9.17, 15) is 4.79 Å². The third-order valence-corrected chi connectivity index (χ3v) is 4.86. The summed E-state index contributed by atoms with van der Waals surface area (Å²) in [6, 6.07) is 6.05. The number of rotatable bonds is 7. The maximum Gasteiger partial charge on any atom is 0.252 e. The lowest BCUT2D eigenvalue weighted by atomic mass is 10.1. The molecule has 6 nitrogen and oxygen atoms in total. The van der Waals surface area contributed by atoms with Crippen LogP contribution in [0, 0.1) is 0 Å². The smallest absolute Gasteiger partial charge is 0.252 e. The molecule has 25 heavy (non-hydrogen) atoms. The molecule has 0 aromatic carbocycles. The van der Waals surface area contributed by atoms with Gasteiger partial charge in [0.05, 0.1) is 27.7 Å². The van der Waals surface area contributed by atoms with Crippen LogP contribution in [0.5, 0.6) is 0 Å². The third-order valence-electron chi connectivity index (χ3n) is 3.96. The zero-order valence-corrected chi connectivity index (χ0v) is 15.6. The number of carbonyl (C=O) groups is 1. The Bertz CT molecular complexity index is 854. The molecule has 2 N–H and O–H groups in total. The first-order valence-corrected chi connectivity index (χ1v) is 9.34. The minimum Gasteiger partial charge on any atom is -0.352 e. The first-order valence-electron chi connectivity index (χ1n) is 8.46. The van der Waals surface area contributed by atoms with Gasteiger partial charge in [0, 0.05) is 12.6 Å². The highest BCUT2D eigenvalue weighted by Crippen LogP contribution is 2.28. The van der Waals surface area contributed by atoms with Crippen LogP contribution in [0.1, 0.15) is 36.7 Å². The number of carbonyl (C=O) groups excluding carboxylic acids is 1. The van der Waals surface area contributed by atoms with Gasteiger partial charge >= 0.3 is 0 Å². The van der Waals surface area contributed by atoms with Crippen molar-refractivity contribution in [2.45, 2.75) is 26.3 Å². The second kappa shape index (κ2) is 7.76. The van der Waals surface area contributed by atoms with E-state index < -0.39 is 0 Å². The standard InChI is InChI=1S/C18H23N5OS/c1-12(2)23-17-14(11-21-23)13(18(24)20-8-5-7-19-3)10-15(22-17)16-6-4-9-25-16/h4,6,9-12,19H,5,7-8H2,1-3H3,(H,20,24). The van der Waals surface area contributed by atoms with E-state index in [0.29, 0.717) is 12.1 Å². The van der Waals surface area contributed by atoms with Crippen LogP contribution in [0.25, 0.3) is 21.6 Å². The van der Waals surface area contributed by atoms with Gasteiger partial charge in [-0.1, -0.05) is 6.07 Å². The fraction of sp³-hybridized carbons (Fsp3) is 0.389. The summed E-state index contributed by atoms with van der Waals surface area (Å²) in [5.74, 6) is -0.0791. The van der Waals surface area contributed by atoms with Gasteiger partial charge in [0.2, 0.25) is 0 Å². The fourth-order valence-corrected chi connectivity index (χ4v) is 3.38. The van der Waals surface area contributed by atoms with Gasteiger partial charge in [-0.2, -0.15) is 5.10 Å². The van der Waals surface area contributed by atoms with Crippen molar-refractivity contribution in [1.29, 1.82) is 0 Å². The zero-order chi connectivity index (χ0) is 17.8. The average Bonchev–Trinajstić information content (AvgIpc) is 3.26. The molecule has 3 aromatic rings. The van der Waals surface area contributed by atoms with E-state index in [1.807, 2.05) is 35.3 Å². The Kier molecular flexibility index (Phi) is 5.45. The van der Waals surface area contributed by atoms with Crippen molar-refractivity contribution < 1.29 is 4.79 Å². The number of amides is 1. The van der Waals surface area contributed by atoms with Gasteiger partial charge in [-0.25, -0.2) is 9.67 Å². The molecule has 0 saturated heterocycles. The minimum atomic E-state index is -0.0791. The lowest BCUT2D eigenvalue weighted by Crippen LogP contribution is -2.26. The van der Waals surface area contributed by atoms with E-state index in [1.165, 1.54) is 0 Å². The number of nitrogens with zero attached hydrogens (tertiary/aromatic N) is 3. The summed E-state index contributed by atoms with van der Waals surface area (Å²) in [7, 11) is 1.90. The lowest BCUT2D eigenvalue weighted by molar-refractivity contribution is 0.0955. The van der Waals surface area contributed by atoms with Gasteiger partial charge in [-0.05, 0) is 51.4 Å². The van der Waals surface area contributed by atoms with Crippen molar-refractivity contribution in [3.63, 3.8) is 0 Å². The molecule has 3 aromatic heterocycles. The first-order chi connectivity index (χ1) is 12.1. The van der Waals surface area contributed by atoms with Crippen LogP contribution < -0.4 is 10.6 Å². The molecular formula is C18H23N5OS. The quantitative estimate of drug-likeness (QED) is 0.638. The molecule has 0 fully saturated rings. The molecule has 7 heteroatoms. The van der Waals surface area contributed by atoms with Crippen molar-refractivity contribution in [2.75, 3.05) is 20.1 Å². The Balaban J connectivity index is 2.02. The van der Waals surface area contributed by atoms with Crippen molar-refractivity contribution in [3.05, 3.63) is 35.3 Å². The molecule has 3 rings (SSSR count). The fourth-order valence-electron chi connectivity index (χ4n) is 2.70. The topological polar surface area (TPSA) is 71.8 Å². The van der Waals surface area contributed by atoms with Gasteiger partial charge in [0.25, 0.3) is 5.91 Å². The van der Waals surface area contributed by atoms with Crippen LogP contribution in [-0.4, -0.2) is 40.8 Å². The SMILES string of the molecule is CNCCCNC(=O)c1cc(-c2cccs2)nc2c1cnn2C(C)C. The molecular weight excluding hydrogens is 334 g/mol. The van der Waals surface area contributed by atoms with E-state index in [4.69, 9.17) is 4.98 Å². The Morgan fingerprint density at radius 2 is 2.20 bits per heavy atom. The number of thiophene rings is 1. The highest BCUT2D eigenvalue weighted by atomic mass is 32.1. The number of nitrogens with one attached hydrogen (secondary N) is 2. The van der Waals surface area contributed by atoms with Gasteiger partial charge in [-0.15, -0.1) is 11.3 Å². The molecule has 0 aliphatic rings. The maximum atomic E-state index is 12.7. The van der Waals surface area contributed by atoms with Crippen molar-refractivity contribution in [2.24, 2.45) is 0 Å². The minimum absolute atomic E-state index is 0.0791. The van der Waals surface area contributed by atoms with Crippen LogP contribution in [0.3, 0.4) is 0 Å². The van der Waals surface area contributed by atoms with E-state index in [-0.39, 0.29) is 11.9 Å². The predicted octanol–water partition coefficient (Wildman–Crippen LogP) is 3.08. The Morgan fingerprint density at radius 3 is 2.88 bits per heavy atom. The molecule has 3 heterocycles.